The summed E-state index contributed by atoms with van der Waals surface area (Å²) < 4.78 is 0. The Morgan fingerprint density at radius 3 is 2.66 bits per heavy atom. The molecule has 3 nitrogen and oxygen atoms in total. The predicted molar refractivity (Wildman–Crippen MR) is 116 cm³/mol. The highest BCUT2D eigenvalue weighted by Gasteiger charge is 2.59. The van der Waals surface area contributed by atoms with E-state index in [-0.39, 0.29) is 12.0 Å². The molecule has 29 heavy (non-hydrogen) atoms. The molecule has 5 rings (SSSR count). The highest BCUT2D eigenvalue weighted by molar-refractivity contribution is 5.82. The molecule has 0 radical (unpaired) electrons. The topological polar surface area (TPSA) is 40.5 Å². The third-order valence-corrected chi connectivity index (χ3v) is 9.80. The maximum absolute atomic E-state index is 12.2. The number of carbonyl (C=O) groups excluding carboxylic acids is 1. The van der Waals surface area contributed by atoms with E-state index in [2.05, 4.69) is 30.9 Å². The molecule has 0 aromatic carbocycles. The number of allylic oxidation sites excluding steroid dienone is 4. The number of likely N-dealkylation sites (tertiary alicyclic amines) is 1. The third-order valence-electron chi connectivity index (χ3n) is 9.80. The zero-order valence-electron chi connectivity index (χ0n) is 18.5. The van der Waals surface area contributed by atoms with Crippen molar-refractivity contribution in [3.05, 3.63) is 23.4 Å². The van der Waals surface area contributed by atoms with Crippen LogP contribution in [0.4, 0.5) is 0 Å². The first kappa shape index (κ1) is 19.8. The average Bonchev–Trinajstić information content (AvgIpc) is 3.07. The van der Waals surface area contributed by atoms with Gasteiger partial charge in [0.25, 0.3) is 0 Å². The van der Waals surface area contributed by atoms with Crippen LogP contribution in [0, 0.1) is 34.5 Å². The molecular weight excluding hydrogens is 358 g/mol. The van der Waals surface area contributed by atoms with Crippen molar-refractivity contribution in [3.63, 3.8) is 0 Å². The molecule has 0 aromatic heterocycles. The molecule has 0 spiro atoms. The van der Waals surface area contributed by atoms with Gasteiger partial charge in [-0.1, -0.05) is 31.6 Å². The molecule has 3 fully saturated rings. The van der Waals surface area contributed by atoms with Gasteiger partial charge in [-0.3, -0.25) is 4.79 Å². The quantitative estimate of drug-likeness (QED) is 0.673. The summed E-state index contributed by atoms with van der Waals surface area (Å²) >= 11 is 0. The number of hydrogen-bond donors (Lipinski definition) is 1. The van der Waals surface area contributed by atoms with E-state index in [9.17, 15) is 9.90 Å². The number of nitrogens with zero attached hydrogens (tertiary/aromatic N) is 1. The van der Waals surface area contributed by atoms with E-state index in [4.69, 9.17) is 0 Å². The molecular formula is C26H39NO2. The van der Waals surface area contributed by atoms with Crippen LogP contribution in [-0.4, -0.2) is 35.5 Å². The first-order chi connectivity index (χ1) is 14.0. The molecule has 6 atom stereocenters. The standard InChI is InChI=1S/C26H39NO2/c1-25-11-8-20(29)17-19(25)16-18(10-15-28)24-21-6-7-23(27-13-4-3-5-14-27)26(21,2)12-9-22(24)25/h7,16,18,21-22,24,28H,3-6,8-15,17H2,1-2H3/t18?,21-,22-,24-,25-,26-/m0/s1. The van der Waals surface area contributed by atoms with Crippen molar-refractivity contribution in [2.24, 2.45) is 34.5 Å². The van der Waals surface area contributed by atoms with Crippen molar-refractivity contribution in [3.8, 4) is 0 Å². The fraction of sp³-hybridized carbons (Fsp3) is 0.808. The van der Waals surface area contributed by atoms with Crippen molar-refractivity contribution in [2.45, 2.75) is 78.1 Å². The predicted octanol–water partition coefficient (Wildman–Crippen LogP) is 5.11. The Morgan fingerprint density at radius 1 is 1.10 bits per heavy atom. The number of aliphatic hydroxyl groups is 1. The van der Waals surface area contributed by atoms with E-state index in [1.165, 1.54) is 57.2 Å². The summed E-state index contributed by atoms with van der Waals surface area (Å²) in [6.07, 6.45) is 16.3. The van der Waals surface area contributed by atoms with E-state index in [0.717, 1.165) is 19.3 Å². The van der Waals surface area contributed by atoms with Crippen LogP contribution in [0.1, 0.15) is 78.1 Å². The zero-order chi connectivity index (χ0) is 20.2. The Labute approximate surface area is 176 Å². The minimum Gasteiger partial charge on any atom is -0.396 e. The molecule has 3 heteroatoms. The summed E-state index contributed by atoms with van der Waals surface area (Å²) in [6.45, 7) is 7.77. The maximum Gasteiger partial charge on any atom is 0.136 e. The molecule has 0 amide bonds. The van der Waals surface area contributed by atoms with E-state index in [1.54, 1.807) is 5.70 Å². The summed E-state index contributed by atoms with van der Waals surface area (Å²) in [7, 11) is 0. The number of carbonyl (C=O) groups is 1. The van der Waals surface area contributed by atoms with E-state index >= 15 is 0 Å². The second-order valence-electron chi connectivity index (χ2n) is 11.1. The Bertz CT molecular complexity index is 733. The molecule has 1 heterocycles. The van der Waals surface area contributed by atoms with Gasteiger partial charge in [-0.2, -0.15) is 0 Å². The summed E-state index contributed by atoms with van der Waals surface area (Å²) in [5.74, 6) is 2.89. The number of ketones is 1. The van der Waals surface area contributed by atoms with Crippen molar-refractivity contribution < 1.29 is 9.90 Å². The second-order valence-corrected chi connectivity index (χ2v) is 11.1. The molecule has 1 N–H and O–H groups in total. The SMILES string of the molecule is C[C@]12CCC(=O)CC1=CC(CCO)[C@@H]1[C@@H]2CC[C@]2(C)C(N3CCCCC3)=CC[C@@H]12. The van der Waals surface area contributed by atoms with Crippen molar-refractivity contribution >= 4 is 5.78 Å². The molecule has 4 aliphatic carbocycles. The van der Waals surface area contributed by atoms with Gasteiger partial charge < -0.3 is 10.0 Å². The van der Waals surface area contributed by atoms with Crippen LogP contribution in [0.5, 0.6) is 0 Å². The maximum atomic E-state index is 12.2. The Balaban J connectivity index is 1.49. The normalized spacial score (nSPS) is 44.5. The van der Waals surface area contributed by atoms with Crippen molar-refractivity contribution in [1.29, 1.82) is 0 Å². The minimum absolute atomic E-state index is 0.208. The Kier molecular flexibility index (Phi) is 4.96. The van der Waals surface area contributed by atoms with Crippen LogP contribution >= 0.6 is 0 Å². The number of Topliss-reactive ketones (excluding diaryl/α,β-unsaturated/α-hetero) is 1. The van der Waals surface area contributed by atoms with Crippen LogP contribution in [0.2, 0.25) is 0 Å². The third kappa shape index (κ3) is 2.98. The summed E-state index contributed by atoms with van der Waals surface area (Å²) in [4.78, 5) is 15.0. The average molecular weight is 398 g/mol. The summed E-state index contributed by atoms with van der Waals surface area (Å²) in [5.41, 5.74) is 3.58. The number of fused-ring (bicyclic) bond motifs is 5. The number of hydrogen-bond acceptors (Lipinski definition) is 3. The number of piperidine rings is 1. The lowest BCUT2D eigenvalue weighted by molar-refractivity contribution is -0.122. The van der Waals surface area contributed by atoms with Gasteiger partial charge in [0.1, 0.15) is 5.78 Å². The van der Waals surface area contributed by atoms with Crippen LogP contribution in [0.15, 0.2) is 23.4 Å². The van der Waals surface area contributed by atoms with E-state index < -0.39 is 0 Å². The van der Waals surface area contributed by atoms with Gasteiger partial charge in [0.05, 0.1) is 0 Å². The van der Waals surface area contributed by atoms with Gasteiger partial charge >= 0.3 is 0 Å². The smallest absolute Gasteiger partial charge is 0.136 e. The number of aliphatic hydroxyl groups excluding tert-OH is 1. The lowest BCUT2D eigenvalue weighted by Crippen LogP contribution is -2.53. The fourth-order valence-corrected chi connectivity index (χ4v) is 8.24. The van der Waals surface area contributed by atoms with Gasteiger partial charge in [-0.25, -0.2) is 0 Å². The van der Waals surface area contributed by atoms with Gasteiger partial charge in [0.2, 0.25) is 0 Å². The highest BCUT2D eigenvalue weighted by atomic mass is 16.3. The Morgan fingerprint density at radius 2 is 1.90 bits per heavy atom. The fourth-order valence-electron chi connectivity index (χ4n) is 8.24. The lowest BCUT2D eigenvalue weighted by atomic mass is 9.45. The molecule has 0 bridgehead atoms. The first-order valence-corrected chi connectivity index (χ1v) is 12.3. The molecule has 5 aliphatic rings. The Hall–Kier alpha value is -1.09. The molecule has 1 aliphatic heterocycles. The second kappa shape index (κ2) is 7.25. The molecule has 0 aromatic rings. The monoisotopic (exact) mass is 397 g/mol. The molecule has 2 saturated carbocycles. The van der Waals surface area contributed by atoms with Gasteiger partial charge in [0.15, 0.2) is 0 Å². The molecule has 1 unspecified atom stereocenters. The summed E-state index contributed by atoms with van der Waals surface area (Å²) in [6, 6.07) is 0. The van der Waals surface area contributed by atoms with E-state index in [1.807, 2.05) is 0 Å². The molecule has 160 valence electrons. The zero-order valence-corrected chi connectivity index (χ0v) is 18.5. The van der Waals surface area contributed by atoms with Crippen LogP contribution in [0.25, 0.3) is 0 Å². The summed E-state index contributed by atoms with van der Waals surface area (Å²) in [5, 5.41) is 9.86. The van der Waals surface area contributed by atoms with Crippen LogP contribution in [0.3, 0.4) is 0 Å². The van der Waals surface area contributed by atoms with Crippen molar-refractivity contribution in [2.75, 3.05) is 19.7 Å². The van der Waals surface area contributed by atoms with Crippen LogP contribution < -0.4 is 0 Å². The van der Waals surface area contributed by atoms with Gasteiger partial charge in [0, 0.05) is 43.7 Å². The van der Waals surface area contributed by atoms with E-state index in [0.29, 0.717) is 41.3 Å². The van der Waals surface area contributed by atoms with Crippen molar-refractivity contribution in [1.82, 2.24) is 4.90 Å². The molecule has 1 saturated heterocycles. The number of rotatable bonds is 3. The van der Waals surface area contributed by atoms with Crippen LogP contribution in [-0.2, 0) is 4.79 Å². The van der Waals surface area contributed by atoms with Gasteiger partial charge in [-0.05, 0) is 80.5 Å². The lowest BCUT2D eigenvalue weighted by Gasteiger charge is -2.60. The first-order valence-electron chi connectivity index (χ1n) is 12.3. The minimum atomic E-state index is 0.208. The highest BCUT2D eigenvalue weighted by Crippen LogP contribution is 2.66. The largest absolute Gasteiger partial charge is 0.396 e. The van der Waals surface area contributed by atoms with Gasteiger partial charge in [-0.15, -0.1) is 0 Å².